The highest BCUT2D eigenvalue weighted by Gasteiger charge is 2.35. The lowest BCUT2D eigenvalue weighted by atomic mass is 9.81. The standard InChI is InChI=1S/C25H33FN2O3/c1-31-19-7-9-24-21(14-19)20(10-12-27-24)23(26)8-6-18-11-13-28(16-22(18)25(29)30)15-17-4-2-3-5-17/h7,9-10,12,14,17-18,22-23H,2-6,8,11,13,15-16H2,1H3,(H,29,30)/t18-,22+,23?/m1/s1. The van der Waals surface area contributed by atoms with Gasteiger partial charge in [-0.05, 0) is 80.3 Å². The summed E-state index contributed by atoms with van der Waals surface area (Å²) >= 11 is 0. The minimum absolute atomic E-state index is 0.0261. The molecule has 0 radical (unpaired) electrons. The first-order chi connectivity index (χ1) is 15.0. The van der Waals surface area contributed by atoms with Crippen molar-refractivity contribution in [2.24, 2.45) is 17.8 Å². The van der Waals surface area contributed by atoms with Crippen molar-refractivity contribution in [2.75, 3.05) is 26.7 Å². The van der Waals surface area contributed by atoms with Gasteiger partial charge >= 0.3 is 5.97 Å². The number of nitrogens with zero attached hydrogens (tertiary/aromatic N) is 2. The average molecular weight is 429 g/mol. The van der Waals surface area contributed by atoms with Crippen LogP contribution >= 0.6 is 0 Å². The van der Waals surface area contributed by atoms with Crippen LogP contribution in [0.4, 0.5) is 4.39 Å². The molecule has 1 aliphatic carbocycles. The maximum atomic E-state index is 15.3. The number of ether oxygens (including phenoxy) is 1. The number of methoxy groups -OCH3 is 1. The van der Waals surface area contributed by atoms with Gasteiger partial charge in [-0.2, -0.15) is 0 Å². The van der Waals surface area contributed by atoms with Gasteiger partial charge in [0.1, 0.15) is 11.9 Å². The molecule has 2 aromatic rings. The van der Waals surface area contributed by atoms with Gasteiger partial charge in [-0.15, -0.1) is 0 Å². The van der Waals surface area contributed by atoms with E-state index >= 15 is 4.39 Å². The molecule has 2 fully saturated rings. The Kier molecular flexibility index (Phi) is 7.06. The molecule has 0 amide bonds. The Balaban J connectivity index is 1.40. The van der Waals surface area contributed by atoms with Crippen LogP contribution in [0.1, 0.15) is 56.7 Å². The molecule has 5 nitrogen and oxygen atoms in total. The summed E-state index contributed by atoms with van der Waals surface area (Å²) in [7, 11) is 1.59. The molecule has 0 bridgehead atoms. The molecule has 1 aromatic heterocycles. The summed E-state index contributed by atoms with van der Waals surface area (Å²) in [6.45, 7) is 2.55. The number of fused-ring (bicyclic) bond motifs is 1. The van der Waals surface area contributed by atoms with E-state index in [0.717, 1.165) is 36.3 Å². The van der Waals surface area contributed by atoms with Crippen molar-refractivity contribution in [3.8, 4) is 5.75 Å². The molecule has 6 heteroatoms. The van der Waals surface area contributed by atoms with E-state index < -0.39 is 18.1 Å². The predicted molar refractivity (Wildman–Crippen MR) is 119 cm³/mol. The summed E-state index contributed by atoms with van der Waals surface area (Å²) in [5.41, 5.74) is 1.35. The first-order valence-corrected chi connectivity index (χ1v) is 11.6. The van der Waals surface area contributed by atoms with Crippen molar-refractivity contribution in [3.05, 3.63) is 36.0 Å². The lowest BCUT2D eigenvalue weighted by molar-refractivity contribution is -0.146. The zero-order valence-corrected chi connectivity index (χ0v) is 18.3. The number of halogens is 1. The van der Waals surface area contributed by atoms with Crippen molar-refractivity contribution in [3.63, 3.8) is 0 Å². The van der Waals surface area contributed by atoms with E-state index in [9.17, 15) is 9.90 Å². The van der Waals surface area contributed by atoms with Gasteiger partial charge in [-0.25, -0.2) is 4.39 Å². The van der Waals surface area contributed by atoms with Gasteiger partial charge in [-0.1, -0.05) is 12.8 Å². The molecule has 0 spiro atoms. The monoisotopic (exact) mass is 428 g/mol. The smallest absolute Gasteiger partial charge is 0.308 e. The molecule has 3 atom stereocenters. The van der Waals surface area contributed by atoms with Gasteiger partial charge in [0.2, 0.25) is 0 Å². The largest absolute Gasteiger partial charge is 0.497 e. The van der Waals surface area contributed by atoms with E-state index in [4.69, 9.17) is 4.74 Å². The SMILES string of the molecule is COc1ccc2nccc(C(F)CC[C@@H]3CCN(CC4CCCC4)C[C@@H]3C(=O)O)c2c1. The Bertz CT molecular complexity index is 899. The van der Waals surface area contributed by atoms with Gasteiger partial charge in [0.05, 0.1) is 18.5 Å². The molecule has 2 aliphatic rings. The van der Waals surface area contributed by atoms with Crippen molar-refractivity contribution in [2.45, 2.75) is 51.1 Å². The molecule has 1 saturated heterocycles. The Labute approximate surface area is 183 Å². The summed E-state index contributed by atoms with van der Waals surface area (Å²) < 4.78 is 20.6. The van der Waals surface area contributed by atoms with Crippen LogP contribution in [0, 0.1) is 17.8 Å². The highest BCUT2D eigenvalue weighted by atomic mass is 19.1. The van der Waals surface area contributed by atoms with Gasteiger partial charge in [0.15, 0.2) is 0 Å². The summed E-state index contributed by atoms with van der Waals surface area (Å²) in [5, 5.41) is 10.6. The Morgan fingerprint density at radius 2 is 2.10 bits per heavy atom. The predicted octanol–water partition coefficient (Wildman–Crippen LogP) is 5.25. The molecular formula is C25H33FN2O3. The van der Waals surface area contributed by atoms with Crippen LogP contribution in [0.15, 0.2) is 30.5 Å². The van der Waals surface area contributed by atoms with Gasteiger partial charge in [0, 0.05) is 24.7 Å². The van der Waals surface area contributed by atoms with E-state index in [-0.39, 0.29) is 5.92 Å². The Hall–Kier alpha value is -2.21. The second kappa shape index (κ2) is 9.94. The molecule has 1 aliphatic heterocycles. The summed E-state index contributed by atoms with van der Waals surface area (Å²) in [5.74, 6) is 0.276. The van der Waals surface area contributed by atoms with Gasteiger partial charge in [-0.3, -0.25) is 9.78 Å². The lowest BCUT2D eigenvalue weighted by Crippen LogP contribution is -2.45. The summed E-state index contributed by atoms with van der Waals surface area (Å²) in [4.78, 5) is 18.6. The topological polar surface area (TPSA) is 62.7 Å². The highest BCUT2D eigenvalue weighted by Crippen LogP contribution is 2.36. The summed E-state index contributed by atoms with van der Waals surface area (Å²) in [6, 6.07) is 7.21. The number of benzene rings is 1. The van der Waals surface area contributed by atoms with Crippen molar-refractivity contribution in [1.82, 2.24) is 9.88 Å². The average Bonchev–Trinajstić information content (AvgIpc) is 3.30. The second-order valence-corrected chi connectivity index (χ2v) is 9.23. The van der Waals surface area contributed by atoms with Crippen LogP contribution < -0.4 is 4.74 Å². The Morgan fingerprint density at radius 1 is 1.29 bits per heavy atom. The van der Waals surface area contributed by atoms with Crippen molar-refractivity contribution in [1.29, 1.82) is 0 Å². The second-order valence-electron chi connectivity index (χ2n) is 9.23. The molecular weight excluding hydrogens is 395 g/mol. The molecule has 168 valence electrons. The zero-order chi connectivity index (χ0) is 21.8. The number of likely N-dealkylation sites (tertiary alicyclic amines) is 1. The number of carbonyl (C=O) groups is 1. The molecule has 4 rings (SSSR count). The van der Waals surface area contributed by atoms with E-state index in [1.54, 1.807) is 19.4 Å². The fraction of sp³-hybridized carbons (Fsp3) is 0.600. The number of hydrogen-bond acceptors (Lipinski definition) is 4. The molecule has 31 heavy (non-hydrogen) atoms. The molecule has 1 unspecified atom stereocenters. The number of carboxylic acids is 1. The number of pyridine rings is 1. The molecule has 2 heterocycles. The molecule has 1 N–H and O–H groups in total. The normalized spacial score (nSPS) is 23.8. The highest BCUT2D eigenvalue weighted by molar-refractivity contribution is 5.83. The van der Waals surface area contributed by atoms with Crippen LogP contribution in [0.3, 0.4) is 0 Å². The fourth-order valence-corrected chi connectivity index (χ4v) is 5.48. The molecule has 1 aromatic carbocycles. The quantitative estimate of drug-likeness (QED) is 0.622. The van der Waals surface area contributed by atoms with E-state index in [2.05, 4.69) is 9.88 Å². The zero-order valence-electron chi connectivity index (χ0n) is 18.3. The number of piperidine rings is 1. The minimum atomic E-state index is -1.15. The summed E-state index contributed by atoms with van der Waals surface area (Å²) in [6.07, 6.45) is 7.38. The fourth-order valence-electron chi connectivity index (χ4n) is 5.48. The van der Waals surface area contributed by atoms with E-state index in [1.807, 2.05) is 18.2 Å². The first-order valence-electron chi connectivity index (χ1n) is 11.6. The number of carboxylic acid groups (broad SMARTS) is 1. The minimum Gasteiger partial charge on any atom is -0.497 e. The number of aromatic nitrogens is 1. The first kappa shape index (κ1) is 22.0. The number of hydrogen-bond donors (Lipinski definition) is 1. The van der Waals surface area contributed by atoms with E-state index in [0.29, 0.717) is 30.7 Å². The van der Waals surface area contributed by atoms with Crippen LogP contribution in [-0.2, 0) is 4.79 Å². The van der Waals surface area contributed by atoms with Crippen molar-refractivity contribution < 1.29 is 19.0 Å². The maximum Gasteiger partial charge on any atom is 0.308 e. The van der Waals surface area contributed by atoms with E-state index in [1.165, 1.54) is 25.7 Å². The maximum absolute atomic E-state index is 15.3. The lowest BCUT2D eigenvalue weighted by Gasteiger charge is -2.38. The van der Waals surface area contributed by atoms with Crippen LogP contribution in [-0.4, -0.2) is 47.7 Å². The van der Waals surface area contributed by atoms with Gasteiger partial charge < -0.3 is 14.7 Å². The third-order valence-electron chi connectivity index (χ3n) is 7.26. The third kappa shape index (κ3) is 5.17. The van der Waals surface area contributed by atoms with Crippen LogP contribution in [0.2, 0.25) is 0 Å². The third-order valence-corrected chi connectivity index (χ3v) is 7.26. The van der Waals surface area contributed by atoms with Gasteiger partial charge in [0.25, 0.3) is 0 Å². The van der Waals surface area contributed by atoms with Crippen molar-refractivity contribution >= 4 is 16.9 Å². The molecule has 1 saturated carbocycles. The number of aliphatic carboxylic acids is 1. The Morgan fingerprint density at radius 3 is 2.84 bits per heavy atom. The number of alkyl halides is 1. The number of rotatable bonds is 8. The van der Waals surface area contributed by atoms with Crippen LogP contribution in [0.5, 0.6) is 5.75 Å². The van der Waals surface area contributed by atoms with Crippen LogP contribution in [0.25, 0.3) is 10.9 Å².